The number of pyridine rings is 2. The summed E-state index contributed by atoms with van der Waals surface area (Å²) >= 11 is 0. The van der Waals surface area contributed by atoms with Crippen molar-refractivity contribution in [3.63, 3.8) is 0 Å². The summed E-state index contributed by atoms with van der Waals surface area (Å²) < 4.78 is 64.3. The first-order valence-corrected chi connectivity index (χ1v) is 8.66. The van der Waals surface area contributed by atoms with Crippen LogP contribution in [0, 0.1) is 5.82 Å². The van der Waals surface area contributed by atoms with E-state index in [1.165, 1.54) is 37.4 Å². The smallest absolute Gasteiger partial charge is 0.431 e. The molecular formula is C20H15F4N3O4. The molecule has 0 unspecified atom stereocenters. The van der Waals surface area contributed by atoms with Gasteiger partial charge in [-0.1, -0.05) is 12.1 Å². The van der Waals surface area contributed by atoms with E-state index >= 15 is 0 Å². The highest BCUT2D eigenvalue weighted by Crippen LogP contribution is 2.35. The minimum absolute atomic E-state index is 0.0511. The molecule has 0 aliphatic heterocycles. The maximum atomic E-state index is 13.8. The Balaban J connectivity index is 1.90. The molecule has 0 saturated carbocycles. The van der Waals surface area contributed by atoms with E-state index in [2.05, 4.69) is 4.98 Å². The number of aromatic amines is 1. The normalized spacial score (nSPS) is 11.3. The summed E-state index contributed by atoms with van der Waals surface area (Å²) in [6, 6.07) is 7.46. The lowest BCUT2D eigenvalue weighted by atomic mass is 10.0. The second-order valence-electron chi connectivity index (χ2n) is 6.29. The van der Waals surface area contributed by atoms with Crippen LogP contribution in [0.2, 0.25) is 0 Å². The number of nitrogens with two attached hydrogens (primary N) is 1. The number of rotatable bonds is 6. The molecular weight excluding hydrogens is 422 g/mol. The number of hydrogen-bond acceptors (Lipinski definition) is 5. The molecule has 0 bridgehead atoms. The van der Waals surface area contributed by atoms with Gasteiger partial charge in [-0.3, -0.25) is 9.59 Å². The molecule has 2 aromatic heterocycles. The van der Waals surface area contributed by atoms with Crippen LogP contribution in [0.3, 0.4) is 0 Å². The van der Waals surface area contributed by atoms with Gasteiger partial charge in [0.05, 0.1) is 13.3 Å². The van der Waals surface area contributed by atoms with Crippen LogP contribution in [0.25, 0.3) is 11.1 Å². The van der Waals surface area contributed by atoms with E-state index in [9.17, 15) is 27.2 Å². The van der Waals surface area contributed by atoms with Gasteiger partial charge in [-0.2, -0.15) is 13.2 Å². The predicted octanol–water partition coefficient (Wildman–Crippen LogP) is 3.28. The molecule has 0 radical (unpaired) electrons. The standard InChI is InChI=1S/C20H15F4N3O4/c1-30-16-6-11(15(21)8-26-16)9-31-12-4-2-10(3-5-12)13-7-14(18(25)28)19(29)27-17(13)20(22,23)24/h2-8H,9H2,1H3,(H2,25,28)(H,27,29). The van der Waals surface area contributed by atoms with Gasteiger partial charge >= 0.3 is 6.18 Å². The Morgan fingerprint density at radius 1 is 1.19 bits per heavy atom. The van der Waals surface area contributed by atoms with Crippen molar-refractivity contribution >= 4 is 5.91 Å². The number of aromatic nitrogens is 2. The predicted molar refractivity (Wildman–Crippen MR) is 101 cm³/mol. The fourth-order valence-electron chi connectivity index (χ4n) is 2.74. The van der Waals surface area contributed by atoms with E-state index in [4.69, 9.17) is 15.2 Å². The summed E-state index contributed by atoms with van der Waals surface area (Å²) in [6.45, 7) is -0.178. The maximum Gasteiger partial charge on any atom is 0.431 e. The third-order valence-electron chi connectivity index (χ3n) is 4.27. The van der Waals surface area contributed by atoms with E-state index in [-0.39, 0.29) is 29.4 Å². The quantitative estimate of drug-likeness (QED) is 0.576. The first kappa shape index (κ1) is 21.8. The number of carbonyl (C=O) groups is 1. The number of carbonyl (C=O) groups excluding carboxylic acids is 1. The lowest BCUT2D eigenvalue weighted by molar-refractivity contribution is -0.140. The fraction of sp³-hybridized carbons (Fsp3) is 0.150. The van der Waals surface area contributed by atoms with E-state index < -0.39 is 40.3 Å². The highest BCUT2D eigenvalue weighted by Gasteiger charge is 2.36. The van der Waals surface area contributed by atoms with Gasteiger partial charge in [0.25, 0.3) is 11.5 Å². The average molecular weight is 437 g/mol. The van der Waals surface area contributed by atoms with Crippen LogP contribution in [-0.2, 0) is 12.8 Å². The van der Waals surface area contributed by atoms with Gasteiger partial charge in [0.15, 0.2) is 0 Å². The number of alkyl halides is 3. The summed E-state index contributed by atoms with van der Waals surface area (Å²) in [4.78, 5) is 28.5. The molecule has 0 spiro atoms. The van der Waals surface area contributed by atoms with Gasteiger partial charge in [-0.15, -0.1) is 0 Å². The van der Waals surface area contributed by atoms with E-state index in [1.54, 1.807) is 4.98 Å². The molecule has 31 heavy (non-hydrogen) atoms. The van der Waals surface area contributed by atoms with Crippen molar-refractivity contribution in [3.05, 3.63) is 75.6 Å². The van der Waals surface area contributed by atoms with Crippen molar-refractivity contribution in [2.45, 2.75) is 12.8 Å². The number of H-pyrrole nitrogens is 1. The van der Waals surface area contributed by atoms with Crippen LogP contribution < -0.4 is 20.8 Å². The zero-order chi connectivity index (χ0) is 22.8. The van der Waals surface area contributed by atoms with Gasteiger partial charge in [-0.25, -0.2) is 9.37 Å². The molecule has 0 atom stereocenters. The van der Waals surface area contributed by atoms with Crippen LogP contribution in [0.15, 0.2) is 47.4 Å². The summed E-state index contributed by atoms with van der Waals surface area (Å²) in [7, 11) is 1.37. The molecule has 0 fully saturated rings. The molecule has 0 aliphatic rings. The molecule has 7 nitrogen and oxygen atoms in total. The van der Waals surface area contributed by atoms with E-state index in [0.29, 0.717) is 0 Å². The van der Waals surface area contributed by atoms with Gasteiger partial charge in [-0.05, 0) is 23.8 Å². The highest BCUT2D eigenvalue weighted by atomic mass is 19.4. The monoisotopic (exact) mass is 437 g/mol. The number of nitrogens with one attached hydrogen (secondary N) is 1. The van der Waals surface area contributed by atoms with E-state index in [0.717, 1.165) is 12.3 Å². The topological polar surface area (TPSA) is 107 Å². The Hall–Kier alpha value is -3.89. The molecule has 1 aromatic carbocycles. The number of methoxy groups -OCH3 is 1. The second-order valence-corrected chi connectivity index (χ2v) is 6.29. The molecule has 1 amide bonds. The number of ether oxygens (including phenoxy) is 2. The van der Waals surface area contributed by atoms with Crippen LogP contribution in [0.5, 0.6) is 11.6 Å². The number of nitrogens with zero attached hydrogens (tertiary/aromatic N) is 1. The van der Waals surface area contributed by atoms with Crippen molar-refractivity contribution < 1.29 is 31.8 Å². The largest absolute Gasteiger partial charge is 0.489 e. The van der Waals surface area contributed by atoms with Gasteiger partial charge in [0, 0.05) is 17.2 Å². The summed E-state index contributed by atoms with van der Waals surface area (Å²) in [5.74, 6) is -1.34. The number of hydrogen-bond donors (Lipinski definition) is 2. The summed E-state index contributed by atoms with van der Waals surface area (Å²) in [5.41, 5.74) is 1.69. The molecule has 3 aromatic rings. The van der Waals surface area contributed by atoms with Crippen molar-refractivity contribution in [3.8, 4) is 22.8 Å². The molecule has 0 saturated heterocycles. The average Bonchev–Trinajstić information content (AvgIpc) is 2.72. The minimum atomic E-state index is -4.88. The molecule has 3 rings (SSSR count). The Morgan fingerprint density at radius 3 is 2.45 bits per heavy atom. The van der Waals surface area contributed by atoms with Crippen LogP contribution >= 0.6 is 0 Å². The second kappa shape index (κ2) is 8.46. The fourth-order valence-corrected chi connectivity index (χ4v) is 2.74. The van der Waals surface area contributed by atoms with Crippen molar-refractivity contribution in [1.82, 2.24) is 9.97 Å². The number of benzene rings is 1. The SMILES string of the molecule is COc1cc(COc2ccc(-c3cc(C(N)=O)c(=O)[nH]c3C(F)(F)F)cc2)c(F)cn1. The summed E-state index contributed by atoms with van der Waals surface area (Å²) in [5, 5.41) is 0. The van der Waals surface area contributed by atoms with Crippen LogP contribution in [-0.4, -0.2) is 23.0 Å². The van der Waals surface area contributed by atoms with Crippen LogP contribution in [0.4, 0.5) is 17.6 Å². The lowest BCUT2D eigenvalue weighted by Gasteiger charge is -2.14. The van der Waals surface area contributed by atoms with Gasteiger partial charge in [0.1, 0.15) is 29.4 Å². The van der Waals surface area contributed by atoms with Gasteiger partial charge < -0.3 is 20.2 Å². The Labute approximate surface area is 172 Å². The molecule has 11 heteroatoms. The van der Waals surface area contributed by atoms with Crippen molar-refractivity contribution in [1.29, 1.82) is 0 Å². The van der Waals surface area contributed by atoms with E-state index in [1.807, 2.05) is 0 Å². The van der Waals surface area contributed by atoms with Crippen molar-refractivity contribution in [2.75, 3.05) is 7.11 Å². The maximum absolute atomic E-state index is 13.8. The molecule has 0 aliphatic carbocycles. The molecule has 162 valence electrons. The lowest BCUT2D eigenvalue weighted by Crippen LogP contribution is -2.27. The minimum Gasteiger partial charge on any atom is -0.489 e. The van der Waals surface area contributed by atoms with Crippen LogP contribution in [0.1, 0.15) is 21.6 Å². The zero-order valence-corrected chi connectivity index (χ0v) is 15.9. The zero-order valence-electron chi connectivity index (χ0n) is 15.9. The first-order chi connectivity index (χ1) is 14.6. The van der Waals surface area contributed by atoms with Gasteiger partial charge in [0.2, 0.25) is 5.88 Å². The Morgan fingerprint density at radius 2 is 1.87 bits per heavy atom. The van der Waals surface area contributed by atoms with Crippen molar-refractivity contribution in [2.24, 2.45) is 5.73 Å². The molecule has 2 heterocycles. The number of halogens is 4. The number of primary amides is 1. The third kappa shape index (κ3) is 4.82. The Kier molecular flexibility index (Phi) is 5.95. The highest BCUT2D eigenvalue weighted by molar-refractivity contribution is 5.94. The number of amides is 1. The Bertz CT molecular complexity index is 1170. The molecule has 3 N–H and O–H groups in total. The third-order valence-corrected chi connectivity index (χ3v) is 4.27. The first-order valence-electron chi connectivity index (χ1n) is 8.66. The summed E-state index contributed by atoms with van der Waals surface area (Å²) in [6.07, 6.45) is -3.90.